The van der Waals surface area contributed by atoms with Crippen LogP contribution in [0, 0.1) is 0 Å². The van der Waals surface area contributed by atoms with E-state index in [0.29, 0.717) is 12.2 Å². The van der Waals surface area contributed by atoms with E-state index in [1.165, 1.54) is 0 Å². The third-order valence-corrected chi connectivity index (χ3v) is 3.90. The monoisotopic (exact) mass is 324 g/mol. The number of carbonyl (C=O) groups is 2. The second-order valence-corrected chi connectivity index (χ2v) is 5.70. The first kappa shape index (κ1) is 15.9. The number of benzene rings is 2. The molecule has 1 saturated heterocycles. The Hall–Kier alpha value is -3.02. The fourth-order valence-corrected chi connectivity index (χ4v) is 2.64. The van der Waals surface area contributed by atoms with Crippen LogP contribution in [0.4, 0.5) is 26.7 Å². The van der Waals surface area contributed by atoms with Crippen LogP contribution < -0.4 is 15.5 Å². The van der Waals surface area contributed by atoms with Crippen LogP contribution in [-0.2, 0) is 0 Å². The summed E-state index contributed by atoms with van der Waals surface area (Å²) in [5.74, 6) is 0. The van der Waals surface area contributed by atoms with Crippen molar-refractivity contribution in [3.63, 3.8) is 0 Å². The van der Waals surface area contributed by atoms with E-state index in [-0.39, 0.29) is 12.1 Å². The Morgan fingerprint density at radius 3 is 2.21 bits per heavy atom. The maximum absolute atomic E-state index is 12.2. The Bertz CT molecular complexity index is 716. The number of rotatable bonds is 3. The van der Waals surface area contributed by atoms with Gasteiger partial charge in [0.05, 0.1) is 0 Å². The average molecular weight is 324 g/mol. The topological polar surface area (TPSA) is 64.7 Å². The Kier molecular flexibility index (Phi) is 4.65. The summed E-state index contributed by atoms with van der Waals surface area (Å²) in [7, 11) is 1.80. The maximum atomic E-state index is 12.2. The molecule has 0 saturated carbocycles. The molecule has 124 valence electrons. The molecule has 1 heterocycles. The van der Waals surface area contributed by atoms with Crippen molar-refractivity contribution >= 4 is 29.1 Å². The van der Waals surface area contributed by atoms with Crippen LogP contribution in [0.2, 0.25) is 0 Å². The minimum Gasteiger partial charge on any atom is -0.327 e. The Morgan fingerprint density at radius 1 is 0.917 bits per heavy atom. The molecule has 3 rings (SSSR count). The van der Waals surface area contributed by atoms with E-state index < -0.39 is 0 Å². The van der Waals surface area contributed by atoms with Gasteiger partial charge in [0.2, 0.25) is 0 Å². The largest absolute Gasteiger partial charge is 0.327 e. The van der Waals surface area contributed by atoms with Crippen molar-refractivity contribution in [3.05, 3.63) is 54.6 Å². The lowest BCUT2D eigenvalue weighted by Crippen LogP contribution is -2.47. The molecule has 0 aliphatic carbocycles. The van der Waals surface area contributed by atoms with Gasteiger partial charge in [-0.25, -0.2) is 9.59 Å². The number of nitrogens with one attached hydrogen (secondary N) is 2. The van der Waals surface area contributed by atoms with Crippen LogP contribution in [-0.4, -0.2) is 37.1 Å². The van der Waals surface area contributed by atoms with Gasteiger partial charge in [0.15, 0.2) is 0 Å². The average Bonchev–Trinajstić information content (AvgIpc) is 2.59. The Morgan fingerprint density at radius 2 is 1.54 bits per heavy atom. The number of amides is 4. The molecular formula is C18H20N4O2. The van der Waals surface area contributed by atoms with Crippen LogP contribution in [0.15, 0.2) is 54.6 Å². The van der Waals surface area contributed by atoms with Gasteiger partial charge >= 0.3 is 12.1 Å². The van der Waals surface area contributed by atoms with E-state index in [2.05, 4.69) is 10.6 Å². The minimum absolute atomic E-state index is 0.00350. The minimum atomic E-state index is -0.303. The normalized spacial score (nSPS) is 14.5. The first-order valence-electron chi connectivity index (χ1n) is 7.89. The second kappa shape index (κ2) is 7.04. The van der Waals surface area contributed by atoms with Crippen LogP contribution in [0.25, 0.3) is 0 Å². The van der Waals surface area contributed by atoms with Gasteiger partial charge in [-0.3, -0.25) is 4.90 Å². The van der Waals surface area contributed by atoms with Crippen LogP contribution in [0.3, 0.4) is 0 Å². The number of para-hydroxylation sites is 1. The molecule has 4 amide bonds. The molecule has 2 aromatic carbocycles. The summed E-state index contributed by atoms with van der Waals surface area (Å²) in [6.07, 6.45) is 0.946. The van der Waals surface area contributed by atoms with E-state index >= 15 is 0 Å². The molecule has 0 spiro atoms. The number of nitrogens with zero attached hydrogens (tertiary/aromatic N) is 2. The van der Waals surface area contributed by atoms with Crippen molar-refractivity contribution in [3.8, 4) is 0 Å². The second-order valence-electron chi connectivity index (χ2n) is 5.70. The zero-order chi connectivity index (χ0) is 16.9. The van der Waals surface area contributed by atoms with Gasteiger partial charge in [-0.05, 0) is 42.8 Å². The lowest BCUT2D eigenvalue weighted by atomic mass is 10.2. The fourth-order valence-electron chi connectivity index (χ4n) is 2.64. The summed E-state index contributed by atoms with van der Waals surface area (Å²) in [4.78, 5) is 27.6. The first-order valence-corrected chi connectivity index (χ1v) is 7.89. The molecule has 0 unspecified atom stereocenters. The van der Waals surface area contributed by atoms with Gasteiger partial charge < -0.3 is 15.5 Å². The highest BCUT2D eigenvalue weighted by molar-refractivity contribution is 6.00. The Balaban J connectivity index is 1.62. The quantitative estimate of drug-likeness (QED) is 0.906. The standard InChI is InChI=1S/C18H20N4O2/c1-21-12-5-13-22(18(21)24)16-10-8-15(9-11-16)20-17(23)19-14-6-3-2-4-7-14/h2-4,6-11H,5,12-13H2,1H3,(H2,19,20,23). The number of carbonyl (C=O) groups excluding carboxylic acids is 2. The molecule has 6 nitrogen and oxygen atoms in total. The molecule has 2 N–H and O–H groups in total. The number of urea groups is 2. The first-order chi connectivity index (χ1) is 11.6. The lowest BCUT2D eigenvalue weighted by molar-refractivity contribution is 0.207. The number of hydrogen-bond donors (Lipinski definition) is 2. The van der Waals surface area contributed by atoms with Gasteiger partial charge in [0.1, 0.15) is 0 Å². The van der Waals surface area contributed by atoms with E-state index in [9.17, 15) is 9.59 Å². The number of anilines is 3. The van der Waals surface area contributed by atoms with Crippen molar-refractivity contribution in [1.82, 2.24) is 4.90 Å². The Labute approximate surface area is 141 Å². The summed E-state index contributed by atoms with van der Waals surface area (Å²) in [6, 6.07) is 16.2. The zero-order valence-corrected chi connectivity index (χ0v) is 13.5. The summed E-state index contributed by atoms with van der Waals surface area (Å²) in [5, 5.41) is 5.54. The van der Waals surface area contributed by atoms with E-state index in [1.807, 2.05) is 42.5 Å². The predicted molar refractivity (Wildman–Crippen MR) is 95.5 cm³/mol. The van der Waals surface area contributed by atoms with Crippen molar-refractivity contribution in [2.24, 2.45) is 0 Å². The highest BCUT2D eigenvalue weighted by Gasteiger charge is 2.23. The van der Waals surface area contributed by atoms with Crippen molar-refractivity contribution in [2.75, 3.05) is 35.7 Å². The predicted octanol–water partition coefficient (Wildman–Crippen LogP) is 3.59. The molecule has 0 bridgehead atoms. The van der Waals surface area contributed by atoms with Crippen LogP contribution >= 0.6 is 0 Å². The van der Waals surface area contributed by atoms with E-state index in [1.54, 1.807) is 29.0 Å². The zero-order valence-electron chi connectivity index (χ0n) is 13.5. The summed E-state index contributed by atoms with van der Waals surface area (Å²) >= 11 is 0. The van der Waals surface area contributed by atoms with Crippen molar-refractivity contribution < 1.29 is 9.59 Å². The molecule has 1 aliphatic rings. The van der Waals surface area contributed by atoms with Crippen molar-refractivity contribution in [2.45, 2.75) is 6.42 Å². The third kappa shape index (κ3) is 3.65. The summed E-state index contributed by atoms with van der Waals surface area (Å²) in [6.45, 7) is 1.50. The maximum Gasteiger partial charge on any atom is 0.324 e. The van der Waals surface area contributed by atoms with Gasteiger partial charge in [0.25, 0.3) is 0 Å². The molecule has 6 heteroatoms. The summed E-state index contributed by atoms with van der Waals surface area (Å²) in [5.41, 5.74) is 2.24. The van der Waals surface area contributed by atoms with E-state index in [4.69, 9.17) is 0 Å². The molecule has 0 radical (unpaired) electrons. The lowest BCUT2D eigenvalue weighted by Gasteiger charge is -2.33. The third-order valence-electron chi connectivity index (χ3n) is 3.90. The number of hydrogen-bond acceptors (Lipinski definition) is 2. The van der Waals surface area contributed by atoms with Gasteiger partial charge in [-0.1, -0.05) is 18.2 Å². The van der Waals surface area contributed by atoms with E-state index in [0.717, 1.165) is 24.3 Å². The highest BCUT2D eigenvalue weighted by atomic mass is 16.2. The van der Waals surface area contributed by atoms with Gasteiger partial charge in [0, 0.05) is 37.2 Å². The SMILES string of the molecule is CN1CCCN(c2ccc(NC(=O)Nc3ccccc3)cc2)C1=O. The highest BCUT2D eigenvalue weighted by Crippen LogP contribution is 2.21. The summed E-state index contributed by atoms with van der Waals surface area (Å²) < 4.78 is 0. The molecular weight excluding hydrogens is 304 g/mol. The van der Waals surface area contributed by atoms with Crippen LogP contribution in [0.1, 0.15) is 6.42 Å². The fraction of sp³-hybridized carbons (Fsp3) is 0.222. The van der Waals surface area contributed by atoms with Crippen LogP contribution in [0.5, 0.6) is 0 Å². The molecule has 2 aromatic rings. The molecule has 1 aliphatic heterocycles. The smallest absolute Gasteiger partial charge is 0.324 e. The molecule has 1 fully saturated rings. The van der Waals surface area contributed by atoms with Gasteiger partial charge in [-0.2, -0.15) is 0 Å². The van der Waals surface area contributed by atoms with Gasteiger partial charge in [-0.15, -0.1) is 0 Å². The molecule has 0 atom stereocenters. The molecule has 24 heavy (non-hydrogen) atoms. The van der Waals surface area contributed by atoms with Crippen molar-refractivity contribution in [1.29, 1.82) is 0 Å². The molecule has 0 aromatic heterocycles.